The lowest BCUT2D eigenvalue weighted by atomic mass is 10.1. The van der Waals surface area contributed by atoms with Gasteiger partial charge in [0, 0.05) is 17.9 Å². The van der Waals surface area contributed by atoms with E-state index in [9.17, 15) is 13.2 Å². The molecule has 0 bridgehead atoms. The molecule has 0 aliphatic heterocycles. The van der Waals surface area contributed by atoms with E-state index in [2.05, 4.69) is 20.6 Å². The fourth-order valence-electron chi connectivity index (χ4n) is 2.57. The second kappa shape index (κ2) is 8.18. The Balaban J connectivity index is 2.34. The van der Waals surface area contributed by atoms with E-state index in [1.807, 2.05) is 45.0 Å². The van der Waals surface area contributed by atoms with Crippen LogP contribution in [-0.4, -0.2) is 16.0 Å². The topological polar surface area (TPSA) is 49.8 Å². The largest absolute Gasteiger partial charge is 0.421 e. The summed E-state index contributed by atoms with van der Waals surface area (Å²) >= 11 is 0. The third kappa shape index (κ3) is 5.08. The van der Waals surface area contributed by atoms with Crippen molar-refractivity contribution in [3.63, 3.8) is 0 Å². The van der Waals surface area contributed by atoms with Crippen LogP contribution in [0.3, 0.4) is 0 Å². The summed E-state index contributed by atoms with van der Waals surface area (Å²) in [7, 11) is 0. The fraction of sp³-hybridized carbons (Fsp3) is 0.444. The Bertz CT molecular complexity index is 701. The van der Waals surface area contributed by atoms with Crippen LogP contribution in [0.2, 0.25) is 0 Å². The Morgan fingerprint density at radius 2 is 1.88 bits per heavy atom. The minimum atomic E-state index is -4.51. The second-order valence-electron chi connectivity index (χ2n) is 5.92. The standard InChI is InChI=1S/C18H23F3N4/c1-4-8-12(3)23-16-14(18(19,20)21)11-22-17(25-16)24-15-10-7-6-9-13(15)5-2/h6-7,9-12H,4-5,8H2,1-3H3,(H2,22,23,24,25). The van der Waals surface area contributed by atoms with Gasteiger partial charge in [-0.15, -0.1) is 0 Å². The van der Waals surface area contributed by atoms with Crippen LogP contribution in [-0.2, 0) is 12.6 Å². The van der Waals surface area contributed by atoms with Gasteiger partial charge >= 0.3 is 6.18 Å². The molecule has 0 fully saturated rings. The van der Waals surface area contributed by atoms with Crippen molar-refractivity contribution in [3.8, 4) is 0 Å². The zero-order valence-electron chi connectivity index (χ0n) is 14.6. The lowest BCUT2D eigenvalue weighted by Crippen LogP contribution is -2.20. The molecule has 1 aromatic carbocycles. The van der Waals surface area contributed by atoms with Gasteiger partial charge in [-0.1, -0.05) is 38.5 Å². The number of halogens is 3. The zero-order chi connectivity index (χ0) is 18.4. The van der Waals surface area contributed by atoms with Gasteiger partial charge in [-0.3, -0.25) is 0 Å². The molecule has 2 rings (SSSR count). The summed E-state index contributed by atoms with van der Waals surface area (Å²) in [6.45, 7) is 5.83. The van der Waals surface area contributed by atoms with E-state index in [1.165, 1.54) is 0 Å². The van der Waals surface area contributed by atoms with E-state index in [0.717, 1.165) is 36.7 Å². The predicted octanol–water partition coefficient (Wildman–Crippen LogP) is 5.40. The number of alkyl halides is 3. The third-order valence-corrected chi connectivity index (χ3v) is 3.84. The number of aromatic nitrogens is 2. The maximum atomic E-state index is 13.2. The molecule has 1 atom stereocenters. The van der Waals surface area contributed by atoms with Crippen molar-refractivity contribution >= 4 is 17.5 Å². The fourth-order valence-corrected chi connectivity index (χ4v) is 2.57. The van der Waals surface area contributed by atoms with Gasteiger partial charge in [0.2, 0.25) is 5.95 Å². The Labute approximate surface area is 145 Å². The first kappa shape index (κ1) is 19.0. The molecule has 2 aromatic rings. The van der Waals surface area contributed by atoms with Gasteiger partial charge in [0.1, 0.15) is 11.4 Å². The van der Waals surface area contributed by atoms with Crippen LogP contribution in [0.5, 0.6) is 0 Å². The van der Waals surface area contributed by atoms with Crippen LogP contribution in [0.25, 0.3) is 0 Å². The monoisotopic (exact) mass is 352 g/mol. The molecular weight excluding hydrogens is 329 g/mol. The minimum absolute atomic E-state index is 0.114. The van der Waals surface area contributed by atoms with E-state index in [4.69, 9.17) is 0 Å². The van der Waals surface area contributed by atoms with Crippen molar-refractivity contribution in [1.29, 1.82) is 0 Å². The maximum absolute atomic E-state index is 13.2. The smallest absolute Gasteiger partial charge is 0.367 e. The normalized spacial score (nSPS) is 12.7. The zero-order valence-corrected chi connectivity index (χ0v) is 14.6. The number of para-hydroxylation sites is 1. The molecule has 1 heterocycles. The number of anilines is 3. The highest BCUT2D eigenvalue weighted by atomic mass is 19.4. The van der Waals surface area contributed by atoms with Crippen LogP contribution >= 0.6 is 0 Å². The maximum Gasteiger partial charge on any atom is 0.421 e. The van der Waals surface area contributed by atoms with Gasteiger partial charge in [0.25, 0.3) is 0 Å². The predicted molar refractivity (Wildman–Crippen MR) is 94.1 cm³/mol. The molecule has 2 N–H and O–H groups in total. The van der Waals surface area contributed by atoms with E-state index in [0.29, 0.717) is 0 Å². The lowest BCUT2D eigenvalue weighted by molar-refractivity contribution is -0.137. The summed E-state index contributed by atoms with van der Waals surface area (Å²) in [5.74, 6) is -0.0555. The summed E-state index contributed by atoms with van der Waals surface area (Å²) in [5, 5.41) is 5.88. The summed E-state index contributed by atoms with van der Waals surface area (Å²) in [5.41, 5.74) is 0.974. The Kier molecular flexibility index (Phi) is 6.22. The molecule has 25 heavy (non-hydrogen) atoms. The van der Waals surface area contributed by atoms with E-state index >= 15 is 0 Å². The van der Waals surface area contributed by atoms with Crippen LogP contribution in [0.4, 0.5) is 30.6 Å². The molecule has 0 aliphatic rings. The van der Waals surface area contributed by atoms with Crippen LogP contribution in [0.15, 0.2) is 30.5 Å². The van der Waals surface area contributed by atoms with Crippen LogP contribution in [0, 0.1) is 0 Å². The van der Waals surface area contributed by atoms with Crippen molar-refractivity contribution in [3.05, 3.63) is 41.6 Å². The average Bonchev–Trinajstić information content (AvgIpc) is 2.54. The first-order valence-corrected chi connectivity index (χ1v) is 8.40. The molecule has 136 valence electrons. The summed E-state index contributed by atoms with van der Waals surface area (Å²) in [6.07, 6.45) is -1.26. The van der Waals surface area contributed by atoms with Crippen molar-refractivity contribution in [2.24, 2.45) is 0 Å². The van der Waals surface area contributed by atoms with Crippen molar-refractivity contribution in [1.82, 2.24) is 9.97 Å². The summed E-state index contributed by atoms with van der Waals surface area (Å²) in [4.78, 5) is 7.93. The highest BCUT2D eigenvalue weighted by Gasteiger charge is 2.35. The molecule has 1 aromatic heterocycles. The highest BCUT2D eigenvalue weighted by molar-refractivity contribution is 5.60. The molecule has 0 spiro atoms. The quantitative estimate of drug-likeness (QED) is 0.700. The average molecular weight is 352 g/mol. The van der Waals surface area contributed by atoms with Gasteiger partial charge in [0.05, 0.1) is 0 Å². The molecule has 4 nitrogen and oxygen atoms in total. The van der Waals surface area contributed by atoms with Crippen molar-refractivity contribution < 1.29 is 13.2 Å². The molecular formula is C18H23F3N4. The Morgan fingerprint density at radius 1 is 1.16 bits per heavy atom. The van der Waals surface area contributed by atoms with Gasteiger partial charge < -0.3 is 10.6 Å². The Morgan fingerprint density at radius 3 is 2.52 bits per heavy atom. The number of nitrogens with one attached hydrogen (secondary N) is 2. The highest BCUT2D eigenvalue weighted by Crippen LogP contribution is 2.34. The van der Waals surface area contributed by atoms with Crippen LogP contribution in [0.1, 0.15) is 44.7 Å². The number of nitrogens with zero attached hydrogens (tertiary/aromatic N) is 2. The number of rotatable bonds is 7. The third-order valence-electron chi connectivity index (χ3n) is 3.84. The number of hydrogen-bond acceptors (Lipinski definition) is 4. The number of benzene rings is 1. The van der Waals surface area contributed by atoms with Gasteiger partial charge in [-0.2, -0.15) is 18.2 Å². The minimum Gasteiger partial charge on any atom is -0.367 e. The van der Waals surface area contributed by atoms with Gasteiger partial charge in [-0.25, -0.2) is 4.98 Å². The van der Waals surface area contributed by atoms with E-state index in [1.54, 1.807) is 0 Å². The molecule has 0 amide bonds. The van der Waals surface area contributed by atoms with E-state index in [-0.39, 0.29) is 17.8 Å². The van der Waals surface area contributed by atoms with E-state index < -0.39 is 11.7 Å². The van der Waals surface area contributed by atoms with Gasteiger partial charge in [-0.05, 0) is 31.4 Å². The first-order valence-electron chi connectivity index (χ1n) is 8.40. The molecule has 7 heteroatoms. The first-order chi connectivity index (χ1) is 11.8. The second-order valence-corrected chi connectivity index (χ2v) is 5.92. The molecule has 0 radical (unpaired) electrons. The SMILES string of the molecule is CCCC(C)Nc1nc(Nc2ccccc2CC)ncc1C(F)(F)F. The lowest BCUT2D eigenvalue weighted by Gasteiger charge is -2.19. The summed E-state index contributed by atoms with van der Waals surface area (Å²) < 4.78 is 39.7. The summed E-state index contributed by atoms with van der Waals surface area (Å²) in [6, 6.07) is 7.46. The van der Waals surface area contributed by atoms with Gasteiger partial charge in [0.15, 0.2) is 0 Å². The number of aryl methyl sites for hydroxylation is 1. The van der Waals surface area contributed by atoms with Crippen LogP contribution < -0.4 is 10.6 Å². The molecule has 0 saturated heterocycles. The number of hydrogen-bond donors (Lipinski definition) is 2. The van der Waals surface area contributed by atoms with Crippen molar-refractivity contribution in [2.45, 2.75) is 52.3 Å². The molecule has 0 saturated carbocycles. The Hall–Kier alpha value is -2.31. The molecule has 1 unspecified atom stereocenters. The van der Waals surface area contributed by atoms with Crippen molar-refractivity contribution in [2.75, 3.05) is 10.6 Å². The molecule has 0 aliphatic carbocycles.